The highest BCUT2D eigenvalue weighted by Gasteiger charge is 2.21. The van der Waals surface area contributed by atoms with Gasteiger partial charge in [-0.1, -0.05) is 19.1 Å². The molecule has 0 aliphatic rings. The molecule has 1 heterocycles. The second kappa shape index (κ2) is 5.31. The number of nitrogens with zero attached hydrogens (tertiary/aromatic N) is 2. The molecule has 0 spiro atoms. The molecule has 1 aromatic heterocycles. The monoisotopic (exact) mass is 245 g/mol. The Hall–Kier alpha value is -1.68. The van der Waals surface area contributed by atoms with Crippen LogP contribution in [0.5, 0.6) is 0 Å². The largest absolute Gasteiger partial charge is 0.396 e. The van der Waals surface area contributed by atoms with Crippen molar-refractivity contribution in [3.63, 3.8) is 0 Å². The fourth-order valence-corrected chi connectivity index (χ4v) is 1.90. The Labute approximate surface area is 107 Å². The maximum atomic E-state index is 9.11. The molecule has 0 aliphatic heterocycles. The molecule has 2 aromatic rings. The molecule has 0 amide bonds. The van der Waals surface area contributed by atoms with Crippen molar-refractivity contribution in [2.75, 3.05) is 11.9 Å². The zero-order valence-corrected chi connectivity index (χ0v) is 10.8. The number of aromatic nitrogens is 2. The predicted molar refractivity (Wildman–Crippen MR) is 73.6 cm³/mol. The minimum atomic E-state index is -0.147. The molecule has 2 N–H and O–H groups in total. The number of hydrogen-bond donors (Lipinski definition) is 2. The van der Waals surface area contributed by atoms with E-state index in [-0.39, 0.29) is 12.1 Å². The number of anilines is 1. The van der Waals surface area contributed by atoms with E-state index in [1.165, 1.54) is 0 Å². The summed E-state index contributed by atoms with van der Waals surface area (Å²) in [5.41, 5.74) is 1.62. The Bertz CT molecular complexity index is 529. The fraction of sp³-hybridized carbons (Fsp3) is 0.429. The third kappa shape index (κ3) is 2.76. The van der Waals surface area contributed by atoms with Crippen molar-refractivity contribution < 1.29 is 5.11 Å². The second-order valence-corrected chi connectivity index (χ2v) is 4.76. The van der Waals surface area contributed by atoms with E-state index in [0.29, 0.717) is 6.42 Å². The van der Waals surface area contributed by atoms with Gasteiger partial charge in [-0.15, -0.1) is 0 Å². The lowest BCUT2D eigenvalue weighted by Crippen LogP contribution is -2.35. The van der Waals surface area contributed by atoms with Crippen molar-refractivity contribution in [1.82, 2.24) is 9.97 Å². The first-order chi connectivity index (χ1) is 8.67. The molecular weight excluding hydrogens is 226 g/mol. The molecule has 0 saturated carbocycles. The lowest BCUT2D eigenvalue weighted by Gasteiger charge is -2.29. The molecule has 96 valence electrons. The van der Waals surface area contributed by atoms with Crippen molar-refractivity contribution >= 4 is 16.9 Å². The molecule has 1 atom stereocenters. The first-order valence-corrected chi connectivity index (χ1v) is 6.28. The van der Waals surface area contributed by atoms with Gasteiger partial charge < -0.3 is 10.4 Å². The molecule has 0 aliphatic carbocycles. The van der Waals surface area contributed by atoms with Crippen molar-refractivity contribution in [3.8, 4) is 0 Å². The number of benzene rings is 1. The Kier molecular flexibility index (Phi) is 3.77. The first kappa shape index (κ1) is 12.8. The molecule has 4 heteroatoms. The highest BCUT2D eigenvalue weighted by Crippen LogP contribution is 2.21. The summed E-state index contributed by atoms with van der Waals surface area (Å²) in [6, 6.07) is 7.79. The number of rotatable bonds is 5. The number of aliphatic hydroxyl groups is 1. The summed E-state index contributed by atoms with van der Waals surface area (Å²) in [6.45, 7) is 4.34. The van der Waals surface area contributed by atoms with Gasteiger partial charge in [0.2, 0.25) is 0 Å². The molecule has 0 fully saturated rings. The van der Waals surface area contributed by atoms with Crippen LogP contribution in [0.3, 0.4) is 0 Å². The van der Waals surface area contributed by atoms with E-state index in [9.17, 15) is 0 Å². The van der Waals surface area contributed by atoms with Crippen LogP contribution in [-0.4, -0.2) is 27.2 Å². The molecule has 1 aromatic carbocycles. The van der Waals surface area contributed by atoms with E-state index in [2.05, 4.69) is 29.1 Å². The van der Waals surface area contributed by atoms with Crippen LogP contribution in [0.4, 0.5) is 5.82 Å². The normalized spacial score (nSPS) is 14.4. The number of nitrogens with one attached hydrogen (secondary N) is 1. The lowest BCUT2D eigenvalue weighted by molar-refractivity contribution is 0.252. The van der Waals surface area contributed by atoms with E-state index < -0.39 is 0 Å². The van der Waals surface area contributed by atoms with Gasteiger partial charge in [0.15, 0.2) is 0 Å². The number of fused-ring (bicyclic) bond motifs is 1. The van der Waals surface area contributed by atoms with Crippen molar-refractivity contribution in [2.24, 2.45) is 0 Å². The van der Waals surface area contributed by atoms with Crippen LogP contribution in [0, 0.1) is 0 Å². The Morgan fingerprint density at radius 3 is 2.67 bits per heavy atom. The number of aliphatic hydroxyl groups excluding tert-OH is 1. The van der Waals surface area contributed by atoms with Crippen LogP contribution in [0.15, 0.2) is 30.5 Å². The topological polar surface area (TPSA) is 58.0 Å². The molecule has 18 heavy (non-hydrogen) atoms. The van der Waals surface area contributed by atoms with Crippen LogP contribution in [0.1, 0.15) is 26.7 Å². The van der Waals surface area contributed by atoms with E-state index >= 15 is 0 Å². The van der Waals surface area contributed by atoms with Gasteiger partial charge >= 0.3 is 0 Å². The quantitative estimate of drug-likeness (QED) is 0.850. The van der Waals surface area contributed by atoms with Crippen LogP contribution >= 0.6 is 0 Å². The van der Waals surface area contributed by atoms with Crippen LogP contribution < -0.4 is 5.32 Å². The molecule has 0 bridgehead atoms. The Balaban J connectivity index is 2.26. The minimum absolute atomic E-state index is 0.147. The summed E-state index contributed by atoms with van der Waals surface area (Å²) in [5.74, 6) is 0.756. The Morgan fingerprint density at radius 1 is 1.28 bits per heavy atom. The minimum Gasteiger partial charge on any atom is -0.396 e. The molecule has 0 saturated heterocycles. The smallest absolute Gasteiger partial charge is 0.145 e. The zero-order chi connectivity index (χ0) is 13.0. The fourth-order valence-electron chi connectivity index (χ4n) is 1.90. The first-order valence-electron chi connectivity index (χ1n) is 6.28. The van der Waals surface area contributed by atoms with Crippen molar-refractivity contribution in [2.45, 2.75) is 32.2 Å². The van der Waals surface area contributed by atoms with E-state index in [1.54, 1.807) is 6.20 Å². The third-order valence-corrected chi connectivity index (χ3v) is 3.32. The summed E-state index contributed by atoms with van der Waals surface area (Å²) in [5, 5.41) is 12.5. The molecule has 0 radical (unpaired) electrons. The van der Waals surface area contributed by atoms with Crippen LogP contribution in [-0.2, 0) is 0 Å². The number of hydrogen-bond acceptors (Lipinski definition) is 4. The van der Waals surface area contributed by atoms with Crippen LogP contribution in [0.2, 0.25) is 0 Å². The van der Waals surface area contributed by atoms with E-state index in [4.69, 9.17) is 5.11 Å². The van der Waals surface area contributed by atoms with Gasteiger partial charge in [-0.3, -0.25) is 4.98 Å². The van der Waals surface area contributed by atoms with Gasteiger partial charge in [0.25, 0.3) is 0 Å². The summed E-state index contributed by atoms with van der Waals surface area (Å²) < 4.78 is 0. The standard InChI is InChI=1S/C14H19N3O/c1-3-14(2,8-9-18)17-13-10-15-11-6-4-5-7-12(11)16-13/h4-7,10,18H,3,8-9H2,1-2H3,(H,16,17). The maximum absolute atomic E-state index is 9.11. The summed E-state index contributed by atoms with van der Waals surface area (Å²) in [7, 11) is 0. The SMILES string of the molecule is CCC(C)(CCO)Nc1cnc2ccccc2n1. The number of para-hydroxylation sites is 2. The van der Waals surface area contributed by atoms with Gasteiger partial charge in [0.05, 0.1) is 17.2 Å². The lowest BCUT2D eigenvalue weighted by atomic mass is 9.95. The van der Waals surface area contributed by atoms with Gasteiger partial charge in [0, 0.05) is 12.1 Å². The average Bonchev–Trinajstić information content (AvgIpc) is 2.39. The summed E-state index contributed by atoms with van der Waals surface area (Å²) in [6.07, 6.45) is 3.35. The third-order valence-electron chi connectivity index (χ3n) is 3.32. The zero-order valence-electron chi connectivity index (χ0n) is 10.8. The Morgan fingerprint density at radius 2 is 2.00 bits per heavy atom. The maximum Gasteiger partial charge on any atom is 0.145 e. The van der Waals surface area contributed by atoms with Crippen molar-refractivity contribution in [1.29, 1.82) is 0 Å². The highest BCUT2D eigenvalue weighted by molar-refractivity contribution is 5.75. The van der Waals surface area contributed by atoms with Gasteiger partial charge in [-0.05, 0) is 31.9 Å². The molecular formula is C14H19N3O. The average molecular weight is 245 g/mol. The van der Waals surface area contributed by atoms with Gasteiger partial charge in [-0.2, -0.15) is 0 Å². The summed E-state index contributed by atoms with van der Waals surface area (Å²) in [4.78, 5) is 8.91. The predicted octanol–water partition coefficient (Wildman–Crippen LogP) is 2.59. The van der Waals surface area contributed by atoms with Crippen molar-refractivity contribution in [3.05, 3.63) is 30.5 Å². The van der Waals surface area contributed by atoms with Crippen LogP contribution in [0.25, 0.3) is 11.0 Å². The van der Waals surface area contributed by atoms with E-state index in [0.717, 1.165) is 23.3 Å². The molecule has 2 rings (SSSR count). The van der Waals surface area contributed by atoms with E-state index in [1.807, 2.05) is 24.3 Å². The second-order valence-electron chi connectivity index (χ2n) is 4.76. The van der Waals surface area contributed by atoms with Gasteiger partial charge in [-0.25, -0.2) is 4.98 Å². The molecule has 1 unspecified atom stereocenters. The summed E-state index contributed by atoms with van der Waals surface area (Å²) >= 11 is 0. The van der Waals surface area contributed by atoms with Gasteiger partial charge in [0.1, 0.15) is 5.82 Å². The highest BCUT2D eigenvalue weighted by atomic mass is 16.3. The molecule has 4 nitrogen and oxygen atoms in total.